The van der Waals surface area contributed by atoms with Gasteiger partial charge in [-0.25, -0.2) is 9.78 Å². The van der Waals surface area contributed by atoms with Crippen molar-refractivity contribution in [2.24, 2.45) is 7.05 Å². The number of benzene rings is 1. The Kier molecular flexibility index (Phi) is 2.38. The molecule has 6 heteroatoms. The monoisotopic (exact) mass is 257 g/mol. The summed E-state index contributed by atoms with van der Waals surface area (Å²) in [5, 5.41) is 13.2. The van der Waals surface area contributed by atoms with Gasteiger partial charge in [0, 0.05) is 19.5 Å². The summed E-state index contributed by atoms with van der Waals surface area (Å²) in [6, 6.07) is 7.01. The lowest BCUT2D eigenvalue weighted by Crippen LogP contribution is -2.04. The predicted octanol–water partition coefficient (Wildman–Crippen LogP) is 2.23. The molecule has 96 valence electrons. The molecule has 3 rings (SSSR count). The van der Waals surface area contributed by atoms with Crippen molar-refractivity contribution >= 4 is 17.1 Å². The molecule has 0 fully saturated rings. The van der Waals surface area contributed by atoms with E-state index in [-0.39, 0.29) is 5.69 Å². The largest absolute Gasteiger partial charge is 0.477 e. The first kappa shape index (κ1) is 11.5. The van der Waals surface area contributed by atoms with Gasteiger partial charge in [0.15, 0.2) is 11.5 Å². The molecule has 0 unspecified atom stereocenters. The van der Waals surface area contributed by atoms with E-state index in [0.29, 0.717) is 17.2 Å². The SMILES string of the molecule is Cc1nc2cc(-c3cc(C(=O)O)n(C)n3)ccc2o1. The Hall–Kier alpha value is -2.63. The van der Waals surface area contributed by atoms with Gasteiger partial charge < -0.3 is 9.52 Å². The average Bonchev–Trinajstić information content (AvgIpc) is 2.89. The van der Waals surface area contributed by atoms with Crippen molar-refractivity contribution in [1.29, 1.82) is 0 Å². The Bertz CT molecular complexity index is 786. The summed E-state index contributed by atoms with van der Waals surface area (Å²) in [5.41, 5.74) is 2.99. The Morgan fingerprint density at radius 1 is 1.37 bits per heavy atom. The number of rotatable bonds is 2. The molecule has 0 aliphatic heterocycles. The van der Waals surface area contributed by atoms with E-state index < -0.39 is 5.97 Å². The van der Waals surface area contributed by atoms with Crippen LogP contribution in [0, 0.1) is 6.92 Å². The lowest BCUT2D eigenvalue weighted by atomic mass is 10.1. The van der Waals surface area contributed by atoms with Crippen molar-refractivity contribution in [2.45, 2.75) is 6.92 Å². The molecule has 6 nitrogen and oxygen atoms in total. The van der Waals surface area contributed by atoms with Crippen LogP contribution >= 0.6 is 0 Å². The molecular formula is C13H11N3O3. The number of aryl methyl sites for hydroxylation is 2. The summed E-state index contributed by atoms with van der Waals surface area (Å²) < 4.78 is 6.74. The van der Waals surface area contributed by atoms with E-state index in [1.807, 2.05) is 12.1 Å². The molecule has 0 aliphatic rings. The number of hydrogen-bond acceptors (Lipinski definition) is 4. The van der Waals surface area contributed by atoms with Crippen molar-refractivity contribution in [3.63, 3.8) is 0 Å². The molecule has 0 saturated heterocycles. The summed E-state index contributed by atoms with van der Waals surface area (Å²) in [6.45, 7) is 1.78. The number of aromatic carboxylic acids is 1. The van der Waals surface area contributed by atoms with E-state index in [2.05, 4.69) is 10.1 Å². The maximum Gasteiger partial charge on any atom is 0.354 e. The van der Waals surface area contributed by atoms with Gasteiger partial charge >= 0.3 is 5.97 Å². The fourth-order valence-electron chi connectivity index (χ4n) is 2.01. The maximum atomic E-state index is 11.0. The lowest BCUT2D eigenvalue weighted by molar-refractivity contribution is 0.0685. The van der Waals surface area contributed by atoms with E-state index in [4.69, 9.17) is 9.52 Å². The molecule has 2 heterocycles. The van der Waals surface area contributed by atoms with E-state index >= 15 is 0 Å². The molecule has 1 N–H and O–H groups in total. The standard InChI is InChI=1S/C13H11N3O3/c1-7-14-10-5-8(3-4-12(10)19-7)9-6-11(13(17)18)16(2)15-9/h3-6H,1-2H3,(H,17,18). The Morgan fingerprint density at radius 3 is 2.84 bits per heavy atom. The zero-order chi connectivity index (χ0) is 13.6. The van der Waals surface area contributed by atoms with Crippen LogP contribution in [-0.2, 0) is 7.05 Å². The third kappa shape index (κ3) is 1.87. The van der Waals surface area contributed by atoms with Crippen LogP contribution in [-0.4, -0.2) is 25.8 Å². The van der Waals surface area contributed by atoms with Crippen LogP contribution in [0.2, 0.25) is 0 Å². The molecule has 19 heavy (non-hydrogen) atoms. The molecule has 0 atom stereocenters. The minimum absolute atomic E-state index is 0.145. The minimum atomic E-state index is -1.00. The van der Waals surface area contributed by atoms with Crippen LogP contribution in [0.5, 0.6) is 0 Å². The van der Waals surface area contributed by atoms with Crippen molar-refractivity contribution in [3.8, 4) is 11.3 Å². The predicted molar refractivity (Wildman–Crippen MR) is 67.9 cm³/mol. The van der Waals surface area contributed by atoms with Crippen LogP contribution in [0.4, 0.5) is 0 Å². The molecule has 2 aromatic heterocycles. The molecular weight excluding hydrogens is 246 g/mol. The van der Waals surface area contributed by atoms with E-state index in [1.165, 1.54) is 10.7 Å². The molecule has 0 saturated carbocycles. The Balaban J connectivity index is 2.13. The first-order valence-electron chi connectivity index (χ1n) is 5.69. The molecule has 0 bridgehead atoms. The average molecular weight is 257 g/mol. The second kappa shape index (κ2) is 3.94. The number of oxazole rings is 1. The number of aromatic nitrogens is 3. The quantitative estimate of drug-likeness (QED) is 0.761. The summed E-state index contributed by atoms with van der Waals surface area (Å²) in [7, 11) is 1.60. The van der Waals surface area contributed by atoms with Crippen molar-refractivity contribution in [2.75, 3.05) is 0 Å². The van der Waals surface area contributed by atoms with E-state index in [1.54, 1.807) is 20.0 Å². The van der Waals surface area contributed by atoms with Gasteiger partial charge in [-0.3, -0.25) is 4.68 Å². The zero-order valence-corrected chi connectivity index (χ0v) is 10.4. The van der Waals surface area contributed by atoms with Crippen LogP contribution < -0.4 is 0 Å². The van der Waals surface area contributed by atoms with Crippen LogP contribution in [0.15, 0.2) is 28.7 Å². The summed E-state index contributed by atoms with van der Waals surface area (Å²) in [6.07, 6.45) is 0. The third-order valence-corrected chi connectivity index (χ3v) is 2.89. The Labute approximate surface area is 108 Å². The highest BCUT2D eigenvalue weighted by atomic mass is 16.4. The first-order chi connectivity index (χ1) is 9.04. The number of carbonyl (C=O) groups is 1. The van der Waals surface area contributed by atoms with Gasteiger partial charge in [0.05, 0.1) is 5.69 Å². The van der Waals surface area contributed by atoms with Gasteiger partial charge in [-0.05, 0) is 24.3 Å². The molecule has 0 spiro atoms. The van der Waals surface area contributed by atoms with Crippen molar-refractivity contribution < 1.29 is 14.3 Å². The summed E-state index contributed by atoms with van der Waals surface area (Å²) in [5.74, 6) is -0.404. The number of fused-ring (bicyclic) bond motifs is 1. The van der Waals surface area contributed by atoms with Crippen molar-refractivity contribution in [3.05, 3.63) is 35.9 Å². The second-order valence-electron chi connectivity index (χ2n) is 4.26. The summed E-state index contributed by atoms with van der Waals surface area (Å²) >= 11 is 0. The first-order valence-corrected chi connectivity index (χ1v) is 5.69. The third-order valence-electron chi connectivity index (χ3n) is 2.89. The highest BCUT2D eigenvalue weighted by Gasteiger charge is 2.13. The van der Waals surface area contributed by atoms with Gasteiger partial charge in [0.1, 0.15) is 11.2 Å². The zero-order valence-electron chi connectivity index (χ0n) is 10.4. The van der Waals surface area contributed by atoms with Gasteiger partial charge in [0.2, 0.25) is 0 Å². The molecule has 3 aromatic rings. The van der Waals surface area contributed by atoms with Crippen molar-refractivity contribution in [1.82, 2.24) is 14.8 Å². The number of nitrogens with zero attached hydrogens (tertiary/aromatic N) is 3. The minimum Gasteiger partial charge on any atom is -0.477 e. The lowest BCUT2D eigenvalue weighted by Gasteiger charge is -1.95. The molecule has 0 aliphatic carbocycles. The van der Waals surface area contributed by atoms with Gasteiger partial charge in [-0.1, -0.05) is 0 Å². The normalized spacial score (nSPS) is 11.1. The van der Waals surface area contributed by atoms with Gasteiger partial charge in [-0.2, -0.15) is 5.10 Å². The van der Waals surface area contributed by atoms with Gasteiger partial charge in [-0.15, -0.1) is 0 Å². The van der Waals surface area contributed by atoms with E-state index in [9.17, 15) is 4.79 Å². The molecule has 1 aromatic carbocycles. The topological polar surface area (TPSA) is 81.1 Å². The van der Waals surface area contributed by atoms with Crippen LogP contribution in [0.1, 0.15) is 16.4 Å². The van der Waals surface area contributed by atoms with Crippen LogP contribution in [0.25, 0.3) is 22.4 Å². The smallest absolute Gasteiger partial charge is 0.354 e. The molecule has 0 amide bonds. The fraction of sp³-hybridized carbons (Fsp3) is 0.154. The highest BCUT2D eigenvalue weighted by molar-refractivity contribution is 5.88. The molecule has 0 radical (unpaired) electrons. The number of carboxylic acid groups (broad SMARTS) is 1. The fourth-order valence-corrected chi connectivity index (χ4v) is 2.01. The Morgan fingerprint density at radius 2 is 2.16 bits per heavy atom. The number of carboxylic acids is 1. The second-order valence-corrected chi connectivity index (χ2v) is 4.26. The maximum absolute atomic E-state index is 11.0. The van der Waals surface area contributed by atoms with Crippen LogP contribution in [0.3, 0.4) is 0 Å². The number of hydrogen-bond donors (Lipinski definition) is 1. The van der Waals surface area contributed by atoms with Gasteiger partial charge in [0.25, 0.3) is 0 Å². The highest BCUT2D eigenvalue weighted by Crippen LogP contribution is 2.24. The summed E-state index contributed by atoms with van der Waals surface area (Å²) in [4.78, 5) is 15.2. The van der Waals surface area contributed by atoms with E-state index in [0.717, 1.165) is 11.1 Å².